The fourth-order valence-corrected chi connectivity index (χ4v) is 2.48. The van der Waals surface area contributed by atoms with Crippen LogP contribution in [0.1, 0.15) is 27.2 Å². The van der Waals surface area contributed by atoms with Gasteiger partial charge in [0.25, 0.3) is 5.69 Å². The number of non-ortho nitro benzene ring substituents is 1. The van der Waals surface area contributed by atoms with Crippen LogP contribution >= 0.6 is 15.9 Å². The SMILES string of the molecule is CCCOc1cc([N+](=O)[O-])cc(Br)c1OCCN(CC)CC. The Balaban J connectivity index is 2.88. The fraction of sp³-hybridized carbons (Fsp3) is 0.600. The molecule has 0 saturated heterocycles. The Morgan fingerprint density at radius 1 is 1.18 bits per heavy atom. The third-order valence-corrected chi connectivity index (χ3v) is 3.80. The Morgan fingerprint density at radius 2 is 1.86 bits per heavy atom. The number of nitrogens with zero attached hydrogens (tertiary/aromatic N) is 2. The Morgan fingerprint density at radius 3 is 2.41 bits per heavy atom. The molecule has 124 valence electrons. The van der Waals surface area contributed by atoms with Gasteiger partial charge < -0.3 is 14.4 Å². The van der Waals surface area contributed by atoms with E-state index in [4.69, 9.17) is 9.47 Å². The molecule has 0 heterocycles. The van der Waals surface area contributed by atoms with E-state index in [1.807, 2.05) is 6.92 Å². The van der Waals surface area contributed by atoms with E-state index in [-0.39, 0.29) is 5.69 Å². The van der Waals surface area contributed by atoms with Gasteiger partial charge in [0.2, 0.25) is 0 Å². The average Bonchev–Trinajstić information content (AvgIpc) is 2.50. The van der Waals surface area contributed by atoms with E-state index in [2.05, 4.69) is 34.7 Å². The number of hydrogen-bond donors (Lipinski definition) is 0. The normalized spacial score (nSPS) is 10.8. The molecule has 0 aromatic heterocycles. The number of halogens is 1. The van der Waals surface area contributed by atoms with Crippen molar-refractivity contribution in [3.8, 4) is 11.5 Å². The zero-order valence-corrected chi connectivity index (χ0v) is 14.9. The van der Waals surface area contributed by atoms with E-state index in [0.717, 1.165) is 26.1 Å². The standard InChI is InChI=1S/C15H23BrN2O4/c1-4-8-21-14-11-12(18(19)20)10-13(16)15(14)22-9-7-17(5-2)6-3/h10-11H,4-9H2,1-3H3. The minimum atomic E-state index is -0.441. The summed E-state index contributed by atoms with van der Waals surface area (Å²) < 4.78 is 11.9. The average molecular weight is 375 g/mol. The molecule has 0 N–H and O–H groups in total. The third kappa shape index (κ3) is 5.46. The van der Waals surface area contributed by atoms with Gasteiger partial charge in [-0.2, -0.15) is 0 Å². The van der Waals surface area contributed by atoms with Crippen molar-refractivity contribution in [1.82, 2.24) is 4.90 Å². The molecule has 0 bridgehead atoms. The van der Waals surface area contributed by atoms with Gasteiger partial charge in [0.15, 0.2) is 11.5 Å². The molecule has 0 aliphatic rings. The zero-order chi connectivity index (χ0) is 16.5. The summed E-state index contributed by atoms with van der Waals surface area (Å²) in [5.41, 5.74) is -0.0194. The van der Waals surface area contributed by atoms with Crippen LogP contribution in [-0.4, -0.2) is 42.7 Å². The van der Waals surface area contributed by atoms with Gasteiger partial charge >= 0.3 is 0 Å². The lowest BCUT2D eigenvalue weighted by Gasteiger charge is -2.19. The van der Waals surface area contributed by atoms with E-state index in [0.29, 0.717) is 29.2 Å². The number of rotatable bonds is 10. The molecule has 0 radical (unpaired) electrons. The first kappa shape index (κ1) is 18.7. The van der Waals surface area contributed by atoms with Crippen molar-refractivity contribution in [3.05, 3.63) is 26.7 Å². The van der Waals surface area contributed by atoms with Crippen LogP contribution < -0.4 is 9.47 Å². The summed E-state index contributed by atoms with van der Waals surface area (Å²) in [5.74, 6) is 0.925. The Labute approximate surface area is 139 Å². The molecule has 0 aliphatic carbocycles. The van der Waals surface area contributed by atoms with Crippen LogP contribution in [0.5, 0.6) is 11.5 Å². The van der Waals surface area contributed by atoms with Crippen molar-refractivity contribution in [2.75, 3.05) is 32.8 Å². The Hall–Kier alpha value is -1.34. The lowest BCUT2D eigenvalue weighted by atomic mass is 10.3. The van der Waals surface area contributed by atoms with Gasteiger partial charge in [0.1, 0.15) is 6.61 Å². The van der Waals surface area contributed by atoms with Crippen LogP contribution in [0.2, 0.25) is 0 Å². The van der Waals surface area contributed by atoms with Crippen LogP contribution in [0.3, 0.4) is 0 Å². The Bertz CT molecular complexity index is 493. The third-order valence-electron chi connectivity index (χ3n) is 3.22. The first-order chi connectivity index (χ1) is 10.5. The van der Waals surface area contributed by atoms with Crippen molar-refractivity contribution < 1.29 is 14.4 Å². The molecular weight excluding hydrogens is 352 g/mol. The van der Waals surface area contributed by atoms with Crippen LogP contribution in [0.15, 0.2) is 16.6 Å². The highest BCUT2D eigenvalue weighted by molar-refractivity contribution is 9.10. The highest BCUT2D eigenvalue weighted by Gasteiger charge is 2.18. The van der Waals surface area contributed by atoms with Crippen LogP contribution in [0, 0.1) is 10.1 Å². The van der Waals surface area contributed by atoms with E-state index in [9.17, 15) is 10.1 Å². The molecule has 0 fully saturated rings. The van der Waals surface area contributed by atoms with E-state index in [1.54, 1.807) is 0 Å². The van der Waals surface area contributed by atoms with Crippen LogP contribution in [0.4, 0.5) is 5.69 Å². The number of hydrogen-bond acceptors (Lipinski definition) is 5. The highest BCUT2D eigenvalue weighted by atomic mass is 79.9. The van der Waals surface area contributed by atoms with Crippen molar-refractivity contribution in [1.29, 1.82) is 0 Å². The molecular formula is C15H23BrN2O4. The predicted octanol–water partition coefficient (Wildman–Crippen LogP) is 3.87. The van der Waals surface area contributed by atoms with Gasteiger partial charge in [-0.3, -0.25) is 10.1 Å². The topological polar surface area (TPSA) is 64.8 Å². The number of likely N-dealkylation sites (N-methyl/N-ethyl adjacent to an activating group) is 1. The van der Waals surface area contributed by atoms with E-state index >= 15 is 0 Å². The number of ether oxygens (including phenoxy) is 2. The largest absolute Gasteiger partial charge is 0.489 e. The molecule has 0 spiro atoms. The first-order valence-corrected chi connectivity index (χ1v) is 8.28. The highest BCUT2D eigenvalue weighted by Crippen LogP contribution is 2.39. The second kappa shape index (κ2) is 9.63. The van der Waals surface area contributed by atoms with Crippen LogP contribution in [0.25, 0.3) is 0 Å². The molecule has 0 saturated carbocycles. The van der Waals surface area contributed by atoms with Gasteiger partial charge in [0, 0.05) is 12.6 Å². The summed E-state index contributed by atoms with van der Waals surface area (Å²) in [6.45, 7) is 9.88. The fourth-order valence-electron chi connectivity index (χ4n) is 1.94. The van der Waals surface area contributed by atoms with E-state index < -0.39 is 4.92 Å². The number of benzene rings is 1. The molecule has 0 amide bonds. The summed E-state index contributed by atoms with van der Waals surface area (Å²) in [7, 11) is 0. The van der Waals surface area contributed by atoms with Crippen LogP contribution in [-0.2, 0) is 0 Å². The lowest BCUT2D eigenvalue weighted by Crippen LogP contribution is -2.28. The molecule has 1 aromatic rings. The molecule has 1 aromatic carbocycles. The second-order valence-corrected chi connectivity index (χ2v) is 5.59. The molecule has 0 unspecified atom stereocenters. The minimum Gasteiger partial charge on any atom is -0.489 e. The number of nitro groups is 1. The summed E-state index contributed by atoms with van der Waals surface area (Å²) >= 11 is 3.34. The van der Waals surface area contributed by atoms with Gasteiger partial charge in [-0.15, -0.1) is 0 Å². The van der Waals surface area contributed by atoms with Crippen molar-refractivity contribution in [2.24, 2.45) is 0 Å². The maximum atomic E-state index is 11.0. The summed E-state index contributed by atoms with van der Waals surface area (Å²) in [6, 6.07) is 2.85. The quantitative estimate of drug-likeness (QED) is 0.459. The van der Waals surface area contributed by atoms with Crippen molar-refractivity contribution >= 4 is 21.6 Å². The molecule has 7 heteroatoms. The molecule has 1 rings (SSSR count). The lowest BCUT2D eigenvalue weighted by molar-refractivity contribution is -0.385. The molecule has 0 aliphatic heterocycles. The van der Waals surface area contributed by atoms with Gasteiger partial charge in [0.05, 0.1) is 22.1 Å². The van der Waals surface area contributed by atoms with Crippen molar-refractivity contribution in [2.45, 2.75) is 27.2 Å². The maximum Gasteiger partial charge on any atom is 0.274 e. The molecule has 22 heavy (non-hydrogen) atoms. The minimum absolute atomic E-state index is 0.0194. The second-order valence-electron chi connectivity index (χ2n) is 4.74. The smallest absolute Gasteiger partial charge is 0.274 e. The van der Waals surface area contributed by atoms with E-state index in [1.165, 1.54) is 12.1 Å². The monoisotopic (exact) mass is 374 g/mol. The maximum absolute atomic E-state index is 11.0. The first-order valence-electron chi connectivity index (χ1n) is 7.49. The molecule has 6 nitrogen and oxygen atoms in total. The van der Waals surface area contributed by atoms with Crippen molar-refractivity contribution in [3.63, 3.8) is 0 Å². The van der Waals surface area contributed by atoms with Gasteiger partial charge in [-0.1, -0.05) is 20.8 Å². The van der Waals surface area contributed by atoms with Gasteiger partial charge in [-0.25, -0.2) is 0 Å². The molecule has 0 atom stereocenters. The predicted molar refractivity (Wildman–Crippen MR) is 89.9 cm³/mol. The number of nitro benzene ring substituents is 1. The zero-order valence-electron chi connectivity index (χ0n) is 13.3. The Kier molecular flexibility index (Phi) is 8.19. The summed E-state index contributed by atoms with van der Waals surface area (Å²) in [6.07, 6.45) is 0.819. The summed E-state index contributed by atoms with van der Waals surface area (Å²) in [4.78, 5) is 12.8. The van der Waals surface area contributed by atoms with Gasteiger partial charge in [-0.05, 0) is 35.4 Å². The summed E-state index contributed by atoms with van der Waals surface area (Å²) in [5, 5.41) is 11.0.